The van der Waals surface area contributed by atoms with Gasteiger partial charge < -0.3 is 11.1 Å². The van der Waals surface area contributed by atoms with Gasteiger partial charge in [-0.2, -0.15) is 0 Å². The smallest absolute Gasteiger partial charge is 0.193 e. The standard InChI is InChI=1S/C17H20N2O/c1-12(2)11-19-16-10-14(8-9-15(16)18)17(20)13-6-4-3-5-7-13/h3-10,12,19H,11,18H2,1-2H3. The Labute approximate surface area is 119 Å². The number of carbonyl (C=O) groups is 1. The summed E-state index contributed by atoms with van der Waals surface area (Å²) >= 11 is 0. The summed E-state index contributed by atoms with van der Waals surface area (Å²) in [6.07, 6.45) is 0. The maximum atomic E-state index is 12.4. The highest BCUT2D eigenvalue weighted by Crippen LogP contribution is 2.22. The van der Waals surface area contributed by atoms with Crippen molar-refractivity contribution in [2.24, 2.45) is 5.92 Å². The molecule has 0 spiro atoms. The average molecular weight is 268 g/mol. The van der Waals surface area contributed by atoms with Crippen molar-refractivity contribution in [3.8, 4) is 0 Å². The molecule has 104 valence electrons. The Bertz CT molecular complexity index is 591. The van der Waals surface area contributed by atoms with Gasteiger partial charge in [-0.25, -0.2) is 0 Å². The minimum absolute atomic E-state index is 0.0122. The van der Waals surface area contributed by atoms with Crippen molar-refractivity contribution in [1.29, 1.82) is 0 Å². The van der Waals surface area contributed by atoms with Crippen LogP contribution in [0.2, 0.25) is 0 Å². The Hall–Kier alpha value is -2.29. The highest BCUT2D eigenvalue weighted by Gasteiger charge is 2.10. The molecule has 20 heavy (non-hydrogen) atoms. The number of nitrogens with two attached hydrogens (primary N) is 1. The van der Waals surface area contributed by atoms with Crippen molar-refractivity contribution >= 4 is 17.2 Å². The van der Waals surface area contributed by atoms with Gasteiger partial charge in [0.15, 0.2) is 5.78 Å². The molecule has 3 heteroatoms. The van der Waals surface area contributed by atoms with E-state index in [1.165, 1.54) is 0 Å². The second-order valence-electron chi connectivity index (χ2n) is 5.27. The third-order valence-corrected chi connectivity index (χ3v) is 3.05. The second kappa shape index (κ2) is 6.24. The summed E-state index contributed by atoms with van der Waals surface area (Å²) in [5.41, 5.74) is 8.76. The summed E-state index contributed by atoms with van der Waals surface area (Å²) in [7, 11) is 0. The lowest BCUT2D eigenvalue weighted by Crippen LogP contribution is -2.11. The highest BCUT2D eigenvalue weighted by molar-refractivity contribution is 6.09. The van der Waals surface area contributed by atoms with Gasteiger partial charge in [-0.1, -0.05) is 44.2 Å². The Morgan fingerprint density at radius 1 is 1.10 bits per heavy atom. The number of carbonyl (C=O) groups excluding carboxylic acids is 1. The van der Waals surface area contributed by atoms with Crippen LogP contribution in [-0.4, -0.2) is 12.3 Å². The van der Waals surface area contributed by atoms with E-state index >= 15 is 0 Å². The number of rotatable bonds is 5. The van der Waals surface area contributed by atoms with Gasteiger partial charge in [-0.15, -0.1) is 0 Å². The van der Waals surface area contributed by atoms with Crippen molar-refractivity contribution in [3.63, 3.8) is 0 Å². The van der Waals surface area contributed by atoms with E-state index in [1.807, 2.05) is 36.4 Å². The number of nitrogen functional groups attached to an aromatic ring is 1. The monoisotopic (exact) mass is 268 g/mol. The van der Waals surface area contributed by atoms with Crippen LogP contribution >= 0.6 is 0 Å². The SMILES string of the molecule is CC(C)CNc1cc(C(=O)c2ccccc2)ccc1N. The van der Waals surface area contributed by atoms with Crippen LogP contribution in [0.5, 0.6) is 0 Å². The zero-order valence-corrected chi connectivity index (χ0v) is 11.9. The van der Waals surface area contributed by atoms with Crippen LogP contribution < -0.4 is 11.1 Å². The first-order chi connectivity index (χ1) is 9.58. The fourth-order valence-corrected chi connectivity index (χ4v) is 1.92. The third kappa shape index (κ3) is 3.38. The number of hydrogen-bond donors (Lipinski definition) is 2. The van der Waals surface area contributed by atoms with Crippen molar-refractivity contribution in [2.45, 2.75) is 13.8 Å². The molecule has 3 nitrogen and oxygen atoms in total. The Morgan fingerprint density at radius 2 is 1.80 bits per heavy atom. The van der Waals surface area contributed by atoms with Crippen LogP contribution in [0.15, 0.2) is 48.5 Å². The topological polar surface area (TPSA) is 55.1 Å². The second-order valence-corrected chi connectivity index (χ2v) is 5.27. The van der Waals surface area contributed by atoms with Crippen molar-refractivity contribution < 1.29 is 4.79 Å². The normalized spacial score (nSPS) is 10.6. The molecule has 0 aliphatic carbocycles. The van der Waals surface area contributed by atoms with Crippen LogP contribution in [0.25, 0.3) is 0 Å². The quantitative estimate of drug-likeness (QED) is 0.644. The molecule has 0 radical (unpaired) electrons. The molecule has 0 saturated carbocycles. The molecule has 0 atom stereocenters. The molecule has 2 aromatic carbocycles. The molecule has 2 aromatic rings. The lowest BCUT2D eigenvalue weighted by atomic mass is 10.0. The van der Waals surface area contributed by atoms with Gasteiger partial charge in [0.05, 0.1) is 11.4 Å². The maximum Gasteiger partial charge on any atom is 0.193 e. The molecule has 3 N–H and O–H groups in total. The summed E-state index contributed by atoms with van der Waals surface area (Å²) in [6, 6.07) is 14.6. The lowest BCUT2D eigenvalue weighted by molar-refractivity contribution is 0.103. The number of anilines is 2. The zero-order valence-electron chi connectivity index (χ0n) is 11.9. The number of benzene rings is 2. The van der Waals surface area contributed by atoms with Crippen molar-refractivity contribution in [2.75, 3.05) is 17.6 Å². The first-order valence-electron chi connectivity index (χ1n) is 6.81. The Morgan fingerprint density at radius 3 is 2.45 bits per heavy atom. The van der Waals surface area contributed by atoms with Gasteiger partial charge in [0.1, 0.15) is 0 Å². The molecule has 0 unspecified atom stereocenters. The largest absolute Gasteiger partial charge is 0.397 e. The molecular formula is C17H20N2O. The minimum Gasteiger partial charge on any atom is -0.397 e. The van der Waals surface area contributed by atoms with Crippen molar-refractivity contribution in [3.05, 3.63) is 59.7 Å². The number of hydrogen-bond acceptors (Lipinski definition) is 3. The molecule has 0 aromatic heterocycles. The zero-order chi connectivity index (χ0) is 14.5. The van der Waals surface area contributed by atoms with Gasteiger partial charge in [0, 0.05) is 17.7 Å². The van der Waals surface area contributed by atoms with Gasteiger partial charge in [0.2, 0.25) is 0 Å². The molecule has 0 bridgehead atoms. The lowest BCUT2D eigenvalue weighted by Gasteiger charge is -2.12. The van der Waals surface area contributed by atoms with Crippen LogP contribution in [0, 0.1) is 5.92 Å². The fraction of sp³-hybridized carbons (Fsp3) is 0.235. The molecule has 2 rings (SSSR count). The average Bonchev–Trinajstić information content (AvgIpc) is 2.46. The van der Waals surface area contributed by atoms with Crippen LogP contribution in [0.4, 0.5) is 11.4 Å². The molecular weight excluding hydrogens is 248 g/mol. The van der Waals surface area contributed by atoms with Crippen LogP contribution in [0.1, 0.15) is 29.8 Å². The van der Waals surface area contributed by atoms with Crippen LogP contribution in [-0.2, 0) is 0 Å². The summed E-state index contributed by atoms with van der Waals surface area (Å²) in [6.45, 7) is 5.08. The van der Waals surface area contributed by atoms with Crippen molar-refractivity contribution in [1.82, 2.24) is 0 Å². The third-order valence-electron chi connectivity index (χ3n) is 3.05. The molecule has 0 aliphatic rings. The number of nitrogens with one attached hydrogen (secondary N) is 1. The van der Waals surface area contributed by atoms with E-state index in [0.717, 1.165) is 12.2 Å². The highest BCUT2D eigenvalue weighted by atomic mass is 16.1. The maximum absolute atomic E-state index is 12.4. The molecule has 0 saturated heterocycles. The van der Waals surface area contributed by atoms with E-state index in [1.54, 1.807) is 12.1 Å². The predicted molar refractivity (Wildman–Crippen MR) is 84.1 cm³/mol. The van der Waals surface area contributed by atoms with E-state index in [-0.39, 0.29) is 5.78 Å². The number of ketones is 1. The van der Waals surface area contributed by atoms with Gasteiger partial charge in [-0.05, 0) is 24.1 Å². The Kier molecular flexibility index (Phi) is 4.41. The molecule has 0 heterocycles. The molecule has 0 fully saturated rings. The molecule has 0 aliphatic heterocycles. The van der Waals surface area contributed by atoms with E-state index < -0.39 is 0 Å². The van der Waals surface area contributed by atoms with E-state index in [9.17, 15) is 4.79 Å². The summed E-state index contributed by atoms with van der Waals surface area (Å²) in [5.74, 6) is 0.529. The van der Waals surface area contributed by atoms with Gasteiger partial charge >= 0.3 is 0 Å². The summed E-state index contributed by atoms with van der Waals surface area (Å²) in [5, 5.41) is 3.28. The van der Waals surface area contributed by atoms with E-state index in [0.29, 0.717) is 22.7 Å². The Balaban J connectivity index is 2.25. The summed E-state index contributed by atoms with van der Waals surface area (Å²) in [4.78, 5) is 12.4. The van der Waals surface area contributed by atoms with Gasteiger partial charge in [0.25, 0.3) is 0 Å². The predicted octanol–water partition coefficient (Wildman–Crippen LogP) is 3.57. The first kappa shape index (κ1) is 14.1. The van der Waals surface area contributed by atoms with Crippen LogP contribution in [0.3, 0.4) is 0 Å². The molecule has 0 amide bonds. The van der Waals surface area contributed by atoms with E-state index in [4.69, 9.17) is 5.73 Å². The van der Waals surface area contributed by atoms with Gasteiger partial charge in [-0.3, -0.25) is 4.79 Å². The summed E-state index contributed by atoms with van der Waals surface area (Å²) < 4.78 is 0. The first-order valence-corrected chi connectivity index (χ1v) is 6.81. The van der Waals surface area contributed by atoms with E-state index in [2.05, 4.69) is 19.2 Å². The fourth-order valence-electron chi connectivity index (χ4n) is 1.92. The minimum atomic E-state index is 0.0122.